The van der Waals surface area contributed by atoms with Crippen LogP contribution in [0.3, 0.4) is 0 Å². The van der Waals surface area contributed by atoms with E-state index in [4.69, 9.17) is 0 Å². The molecule has 1 saturated heterocycles. The van der Waals surface area contributed by atoms with Crippen LogP contribution in [0.1, 0.15) is 76.3 Å². The molecule has 210 valence electrons. The highest BCUT2D eigenvalue weighted by atomic mass is 19.4. The Balaban J connectivity index is 0.000000352. The van der Waals surface area contributed by atoms with Gasteiger partial charge in [0.2, 0.25) is 0 Å². The molecule has 1 aliphatic heterocycles. The molecule has 0 aliphatic carbocycles. The fourth-order valence-corrected chi connectivity index (χ4v) is 5.28. The average molecular weight is 531 g/mol. The van der Waals surface area contributed by atoms with Crippen LogP contribution in [0, 0.1) is 25.2 Å². The van der Waals surface area contributed by atoms with Gasteiger partial charge in [0.05, 0.1) is 11.3 Å². The first kappa shape index (κ1) is 31.5. The number of aromatic nitrogens is 2. The molecule has 2 heterocycles. The molecule has 0 bridgehead atoms. The Hall–Kier alpha value is -2.67. The molecular formula is C31H45F3N4. The molecule has 1 aromatic carbocycles. The molecule has 1 aromatic heterocycles. The van der Waals surface area contributed by atoms with Gasteiger partial charge in [-0.15, -0.1) is 5.10 Å². The third-order valence-corrected chi connectivity index (χ3v) is 7.55. The van der Waals surface area contributed by atoms with E-state index in [1.54, 1.807) is 6.07 Å². The van der Waals surface area contributed by atoms with Gasteiger partial charge in [0.15, 0.2) is 5.82 Å². The number of nitrogens with zero attached hydrogens (tertiary/aromatic N) is 3. The highest BCUT2D eigenvalue weighted by Gasteiger charge is 2.39. The van der Waals surface area contributed by atoms with Crippen molar-refractivity contribution in [2.75, 3.05) is 25.5 Å². The second-order valence-electron chi connectivity index (χ2n) is 10.9. The Morgan fingerprint density at radius 1 is 1.18 bits per heavy atom. The van der Waals surface area contributed by atoms with Gasteiger partial charge in [-0.3, -0.25) is 0 Å². The van der Waals surface area contributed by atoms with E-state index in [0.717, 1.165) is 33.7 Å². The Bertz CT molecular complexity index is 1210. The van der Waals surface area contributed by atoms with Crippen molar-refractivity contribution in [1.29, 1.82) is 0 Å². The number of nitrogens with one attached hydrogen (secondary N) is 1. The minimum absolute atomic E-state index is 0.209. The van der Waals surface area contributed by atoms with Gasteiger partial charge in [0, 0.05) is 30.1 Å². The smallest absolute Gasteiger partial charge is 0.364 e. The fourth-order valence-electron chi connectivity index (χ4n) is 5.28. The number of allylic oxidation sites excluding steroid dienone is 1. The molecule has 1 unspecified atom stereocenters. The lowest BCUT2D eigenvalue weighted by Crippen LogP contribution is -2.54. The molecule has 3 rings (SSSR count). The summed E-state index contributed by atoms with van der Waals surface area (Å²) in [6.07, 6.45) is 3.59. The van der Waals surface area contributed by atoms with Crippen LogP contribution in [0.4, 0.5) is 19.0 Å². The number of hydrogen-bond acceptors (Lipinski definition) is 4. The molecule has 1 fully saturated rings. The second kappa shape index (κ2) is 13.4. The Labute approximate surface area is 226 Å². The first-order valence-corrected chi connectivity index (χ1v) is 13.5. The van der Waals surface area contributed by atoms with Crippen LogP contribution in [-0.4, -0.2) is 35.2 Å². The molecule has 0 radical (unpaired) electrons. The van der Waals surface area contributed by atoms with Crippen LogP contribution in [0.15, 0.2) is 30.4 Å². The van der Waals surface area contributed by atoms with Crippen molar-refractivity contribution in [2.24, 2.45) is 11.3 Å². The molecule has 1 aliphatic rings. The summed E-state index contributed by atoms with van der Waals surface area (Å²) in [5.41, 5.74) is 2.46. The van der Waals surface area contributed by atoms with E-state index in [0.29, 0.717) is 16.8 Å². The molecule has 7 heteroatoms. The normalized spacial score (nSPS) is 16.9. The molecule has 2 aromatic rings. The lowest BCUT2D eigenvalue weighted by atomic mass is 9.71. The number of hydrogen-bond donors (Lipinski definition) is 1. The maximum Gasteiger partial charge on any atom is 0.416 e. The minimum atomic E-state index is -4.37. The fraction of sp³-hybridized carbons (Fsp3) is 0.548. The van der Waals surface area contributed by atoms with Crippen molar-refractivity contribution in [2.45, 2.75) is 80.4 Å². The lowest BCUT2D eigenvalue weighted by Gasteiger charge is -2.49. The van der Waals surface area contributed by atoms with E-state index in [-0.39, 0.29) is 12.1 Å². The van der Waals surface area contributed by atoms with Crippen molar-refractivity contribution in [3.63, 3.8) is 0 Å². The van der Waals surface area contributed by atoms with Crippen molar-refractivity contribution in [3.05, 3.63) is 63.2 Å². The summed E-state index contributed by atoms with van der Waals surface area (Å²) in [6.45, 7) is 20.9. The quantitative estimate of drug-likeness (QED) is 0.415. The zero-order valence-corrected chi connectivity index (χ0v) is 24.4. The number of benzene rings is 1. The summed E-state index contributed by atoms with van der Waals surface area (Å²) in [6, 6.07) is 4.18. The van der Waals surface area contributed by atoms with Crippen LogP contribution in [0.2, 0.25) is 0 Å². The minimum Gasteiger partial charge on any atom is -0.364 e. The molecule has 1 atom stereocenters. The van der Waals surface area contributed by atoms with Crippen LogP contribution in [0.25, 0.3) is 12.2 Å². The topological polar surface area (TPSA) is 41.1 Å². The largest absolute Gasteiger partial charge is 0.416 e. The highest BCUT2D eigenvalue weighted by Crippen LogP contribution is 2.39. The molecule has 0 saturated carbocycles. The van der Waals surface area contributed by atoms with Gasteiger partial charge >= 0.3 is 6.18 Å². The summed E-state index contributed by atoms with van der Waals surface area (Å²) < 4.78 is 39.2. The predicted molar refractivity (Wildman–Crippen MR) is 153 cm³/mol. The highest BCUT2D eigenvalue weighted by molar-refractivity contribution is 5.53. The first-order chi connectivity index (χ1) is 17.8. The number of likely N-dealkylation sites (tertiary alicyclic amines) is 1. The SMILES string of the molecule is C=C(C)/C=c1/c(NCc2cccc(C(F)(F)F)c2C)nnc(C)/c1=C/C.CCC(C)CC1(CC)CN(C)C1. The zero-order valence-electron chi connectivity index (χ0n) is 24.4. The Kier molecular flexibility index (Phi) is 11.1. The van der Waals surface area contributed by atoms with E-state index in [2.05, 4.69) is 54.8 Å². The zero-order chi connectivity index (χ0) is 28.7. The molecular weight excluding hydrogens is 485 g/mol. The van der Waals surface area contributed by atoms with E-state index >= 15 is 0 Å². The monoisotopic (exact) mass is 530 g/mol. The maximum absolute atomic E-state index is 13.1. The van der Waals surface area contributed by atoms with E-state index in [9.17, 15) is 13.2 Å². The summed E-state index contributed by atoms with van der Waals surface area (Å²) in [5.74, 6) is 1.43. The third-order valence-electron chi connectivity index (χ3n) is 7.55. The molecule has 1 N–H and O–H groups in total. The predicted octanol–water partition coefficient (Wildman–Crippen LogP) is 6.65. The van der Waals surface area contributed by atoms with E-state index < -0.39 is 11.7 Å². The molecule has 38 heavy (non-hydrogen) atoms. The lowest BCUT2D eigenvalue weighted by molar-refractivity contribution is -0.138. The summed E-state index contributed by atoms with van der Waals surface area (Å²) in [5, 5.41) is 13.2. The van der Waals surface area contributed by atoms with Gasteiger partial charge in [0.25, 0.3) is 0 Å². The van der Waals surface area contributed by atoms with Crippen LogP contribution < -0.4 is 15.8 Å². The number of aryl methyl sites for hydroxylation is 1. The third kappa shape index (κ3) is 8.16. The average Bonchev–Trinajstić information content (AvgIpc) is 2.82. The Morgan fingerprint density at radius 2 is 1.84 bits per heavy atom. The van der Waals surface area contributed by atoms with E-state index in [1.165, 1.54) is 45.3 Å². The summed E-state index contributed by atoms with van der Waals surface area (Å²) in [7, 11) is 2.23. The van der Waals surface area contributed by atoms with Crippen LogP contribution in [-0.2, 0) is 12.7 Å². The standard InChI is InChI=1S/C20H22F3N3.C11H23N/c1-6-16-14(5)25-26-19(17(16)10-12(2)3)24-11-15-8-7-9-18(13(15)4)20(21,22)23;1-5-10(3)7-11(6-2)8-12(4)9-11/h6-10H,2,11H2,1,3-5H3,(H,24,26);10H,5-9H2,1-4H3/b16-6-,17-10+;. The number of alkyl halides is 3. The van der Waals surface area contributed by atoms with Crippen LogP contribution in [0.5, 0.6) is 0 Å². The number of halogens is 3. The first-order valence-electron chi connectivity index (χ1n) is 13.5. The van der Waals surface area contributed by atoms with Gasteiger partial charge in [-0.05, 0) is 82.2 Å². The molecule has 0 amide bonds. The van der Waals surface area contributed by atoms with Crippen molar-refractivity contribution >= 4 is 18.0 Å². The summed E-state index contributed by atoms with van der Waals surface area (Å²) >= 11 is 0. The Morgan fingerprint density at radius 3 is 2.34 bits per heavy atom. The van der Waals surface area contributed by atoms with Gasteiger partial charge in [-0.2, -0.15) is 18.3 Å². The van der Waals surface area contributed by atoms with Gasteiger partial charge in [-0.25, -0.2) is 0 Å². The van der Waals surface area contributed by atoms with E-state index in [1.807, 2.05) is 32.9 Å². The number of rotatable bonds is 8. The maximum atomic E-state index is 13.1. The van der Waals surface area contributed by atoms with Crippen molar-refractivity contribution in [1.82, 2.24) is 15.1 Å². The number of anilines is 1. The van der Waals surface area contributed by atoms with Crippen molar-refractivity contribution in [3.8, 4) is 0 Å². The molecule has 4 nitrogen and oxygen atoms in total. The van der Waals surface area contributed by atoms with Crippen LogP contribution >= 0.6 is 0 Å². The van der Waals surface area contributed by atoms with Crippen molar-refractivity contribution < 1.29 is 13.2 Å². The molecule has 0 spiro atoms. The van der Waals surface area contributed by atoms with Gasteiger partial charge in [-0.1, -0.05) is 57.6 Å². The second-order valence-corrected chi connectivity index (χ2v) is 10.9. The summed E-state index contributed by atoms with van der Waals surface area (Å²) in [4.78, 5) is 2.44. The van der Waals surface area contributed by atoms with Gasteiger partial charge < -0.3 is 10.2 Å². The van der Waals surface area contributed by atoms with Gasteiger partial charge in [0.1, 0.15) is 0 Å².